The van der Waals surface area contributed by atoms with E-state index in [0.717, 1.165) is 0 Å². The van der Waals surface area contributed by atoms with E-state index in [2.05, 4.69) is 0 Å². The number of carboxylic acid groups (broad SMARTS) is 2. The van der Waals surface area contributed by atoms with E-state index in [9.17, 15) is 14.0 Å². The Balaban J connectivity index is 2.37. The number of aromatic carboxylic acids is 1. The molecule has 2 rings (SSSR count). The van der Waals surface area contributed by atoms with Crippen LogP contribution in [0.25, 0.3) is 0 Å². The summed E-state index contributed by atoms with van der Waals surface area (Å²) in [5.41, 5.74) is 0.593. The summed E-state index contributed by atoms with van der Waals surface area (Å²) in [6, 6.07) is 9.98. The van der Waals surface area contributed by atoms with E-state index in [1.54, 1.807) is 12.1 Å². The van der Waals surface area contributed by atoms with Gasteiger partial charge in [-0.1, -0.05) is 17.8 Å². The van der Waals surface area contributed by atoms with Crippen LogP contribution >= 0.6 is 11.8 Å². The van der Waals surface area contributed by atoms with Gasteiger partial charge in [-0.25, -0.2) is 9.18 Å². The minimum atomic E-state index is -1.09. The SMILES string of the molecule is O=C(O)Cc1ccc(C(=O)O)cc1Sc1ccc(F)cc1. The summed E-state index contributed by atoms with van der Waals surface area (Å²) in [6.45, 7) is 0. The Labute approximate surface area is 124 Å². The van der Waals surface area contributed by atoms with E-state index < -0.39 is 11.9 Å². The summed E-state index contributed by atoms with van der Waals surface area (Å²) in [6.07, 6.45) is -0.205. The van der Waals surface area contributed by atoms with Gasteiger partial charge in [0.1, 0.15) is 5.82 Å². The first-order chi connectivity index (χ1) is 9.95. The third kappa shape index (κ3) is 4.06. The van der Waals surface area contributed by atoms with Gasteiger partial charge in [-0.15, -0.1) is 0 Å². The third-order valence-corrected chi connectivity index (χ3v) is 3.81. The summed E-state index contributed by atoms with van der Waals surface area (Å²) in [5.74, 6) is -2.46. The van der Waals surface area contributed by atoms with Crippen LogP contribution in [0.3, 0.4) is 0 Å². The number of hydrogen-bond acceptors (Lipinski definition) is 3. The molecule has 21 heavy (non-hydrogen) atoms. The molecule has 2 aromatic rings. The lowest BCUT2D eigenvalue weighted by Crippen LogP contribution is -2.03. The first-order valence-electron chi connectivity index (χ1n) is 5.97. The number of hydrogen-bond donors (Lipinski definition) is 2. The topological polar surface area (TPSA) is 74.6 Å². The number of aliphatic carboxylic acids is 1. The molecule has 0 fully saturated rings. The van der Waals surface area contributed by atoms with Crippen LogP contribution in [-0.4, -0.2) is 22.2 Å². The van der Waals surface area contributed by atoms with E-state index in [0.29, 0.717) is 15.4 Å². The Morgan fingerprint density at radius 3 is 2.29 bits per heavy atom. The highest BCUT2D eigenvalue weighted by Gasteiger charge is 2.12. The molecule has 2 N–H and O–H groups in total. The molecule has 0 amide bonds. The monoisotopic (exact) mass is 306 g/mol. The van der Waals surface area contributed by atoms with Crippen LogP contribution in [0.2, 0.25) is 0 Å². The molecule has 0 saturated carbocycles. The van der Waals surface area contributed by atoms with Crippen molar-refractivity contribution in [3.05, 3.63) is 59.4 Å². The van der Waals surface area contributed by atoms with Gasteiger partial charge in [-0.2, -0.15) is 0 Å². The van der Waals surface area contributed by atoms with Crippen LogP contribution in [0.4, 0.5) is 4.39 Å². The minimum absolute atomic E-state index is 0.0775. The maximum Gasteiger partial charge on any atom is 0.335 e. The summed E-state index contributed by atoms with van der Waals surface area (Å²) < 4.78 is 12.9. The van der Waals surface area contributed by atoms with Gasteiger partial charge in [0.25, 0.3) is 0 Å². The average molecular weight is 306 g/mol. The first kappa shape index (κ1) is 15.1. The van der Waals surface area contributed by atoms with E-state index in [-0.39, 0.29) is 17.8 Å². The van der Waals surface area contributed by atoms with Crippen LogP contribution in [-0.2, 0) is 11.2 Å². The Kier molecular flexibility index (Phi) is 4.59. The van der Waals surface area contributed by atoms with Crippen molar-refractivity contribution in [1.29, 1.82) is 0 Å². The molecule has 0 radical (unpaired) electrons. The molecule has 0 spiro atoms. The van der Waals surface area contributed by atoms with Crippen molar-refractivity contribution in [3.8, 4) is 0 Å². The Morgan fingerprint density at radius 2 is 1.71 bits per heavy atom. The second-order valence-electron chi connectivity index (χ2n) is 4.25. The lowest BCUT2D eigenvalue weighted by Gasteiger charge is -2.09. The fourth-order valence-electron chi connectivity index (χ4n) is 1.72. The largest absolute Gasteiger partial charge is 0.481 e. The van der Waals surface area contributed by atoms with Crippen molar-refractivity contribution in [2.24, 2.45) is 0 Å². The zero-order chi connectivity index (χ0) is 15.4. The fourth-order valence-corrected chi connectivity index (χ4v) is 2.70. The highest BCUT2D eigenvalue weighted by atomic mass is 32.2. The second kappa shape index (κ2) is 6.41. The number of carboxylic acids is 2. The van der Waals surface area contributed by atoms with Crippen molar-refractivity contribution in [3.63, 3.8) is 0 Å². The predicted molar refractivity (Wildman–Crippen MR) is 75.3 cm³/mol. The molecule has 4 nitrogen and oxygen atoms in total. The molecular weight excluding hydrogens is 295 g/mol. The zero-order valence-electron chi connectivity index (χ0n) is 10.7. The van der Waals surface area contributed by atoms with Crippen LogP contribution in [0, 0.1) is 5.82 Å². The van der Waals surface area contributed by atoms with Gasteiger partial charge in [-0.05, 0) is 42.0 Å². The van der Waals surface area contributed by atoms with E-state index in [4.69, 9.17) is 10.2 Å². The maximum absolute atomic E-state index is 12.9. The average Bonchev–Trinajstić information content (AvgIpc) is 2.42. The van der Waals surface area contributed by atoms with Crippen molar-refractivity contribution < 1.29 is 24.2 Å². The first-order valence-corrected chi connectivity index (χ1v) is 6.79. The Hall–Kier alpha value is -2.34. The standard InChI is InChI=1S/C15H11FO4S/c16-11-3-5-12(6-4-11)21-13-7-10(15(19)20)2-1-9(13)8-14(17)18/h1-7H,8H2,(H,17,18)(H,19,20). The van der Waals surface area contributed by atoms with Crippen LogP contribution < -0.4 is 0 Å². The highest BCUT2D eigenvalue weighted by molar-refractivity contribution is 7.99. The van der Waals surface area contributed by atoms with E-state index >= 15 is 0 Å². The molecule has 2 aromatic carbocycles. The second-order valence-corrected chi connectivity index (χ2v) is 5.37. The molecule has 0 unspecified atom stereocenters. The number of rotatable bonds is 5. The van der Waals surface area contributed by atoms with Gasteiger partial charge in [0, 0.05) is 9.79 Å². The lowest BCUT2D eigenvalue weighted by atomic mass is 10.1. The van der Waals surface area contributed by atoms with Crippen molar-refractivity contribution in [1.82, 2.24) is 0 Å². The number of carbonyl (C=O) groups is 2. The number of halogens is 1. The molecule has 0 heterocycles. The molecule has 0 aliphatic heterocycles. The smallest absolute Gasteiger partial charge is 0.335 e. The minimum Gasteiger partial charge on any atom is -0.481 e. The highest BCUT2D eigenvalue weighted by Crippen LogP contribution is 2.31. The van der Waals surface area contributed by atoms with Crippen LogP contribution in [0.15, 0.2) is 52.3 Å². The van der Waals surface area contributed by atoms with Gasteiger partial charge in [0.15, 0.2) is 0 Å². The lowest BCUT2D eigenvalue weighted by molar-refractivity contribution is -0.136. The van der Waals surface area contributed by atoms with Gasteiger partial charge in [-0.3, -0.25) is 4.79 Å². The van der Waals surface area contributed by atoms with Crippen molar-refractivity contribution >= 4 is 23.7 Å². The van der Waals surface area contributed by atoms with Crippen molar-refractivity contribution in [2.45, 2.75) is 16.2 Å². The number of benzene rings is 2. The molecule has 0 atom stereocenters. The molecule has 0 aromatic heterocycles. The Morgan fingerprint density at radius 1 is 1.05 bits per heavy atom. The van der Waals surface area contributed by atoms with Gasteiger partial charge in [0.05, 0.1) is 12.0 Å². The zero-order valence-corrected chi connectivity index (χ0v) is 11.6. The molecule has 0 aliphatic rings. The third-order valence-electron chi connectivity index (χ3n) is 2.70. The quantitative estimate of drug-likeness (QED) is 0.886. The normalized spacial score (nSPS) is 10.3. The molecule has 0 bridgehead atoms. The molecule has 0 aliphatic carbocycles. The van der Waals surface area contributed by atoms with Crippen molar-refractivity contribution in [2.75, 3.05) is 0 Å². The predicted octanol–water partition coefficient (Wildman–Crippen LogP) is 3.30. The van der Waals surface area contributed by atoms with Crippen LogP contribution in [0.5, 0.6) is 0 Å². The van der Waals surface area contributed by atoms with Gasteiger partial charge >= 0.3 is 11.9 Å². The molecular formula is C15H11FO4S. The molecule has 6 heteroatoms. The fraction of sp³-hybridized carbons (Fsp3) is 0.0667. The Bertz CT molecular complexity index is 683. The summed E-state index contributed by atoms with van der Waals surface area (Å²) in [5, 5.41) is 17.9. The van der Waals surface area contributed by atoms with Gasteiger partial charge < -0.3 is 10.2 Å². The molecule has 0 saturated heterocycles. The van der Waals surface area contributed by atoms with Gasteiger partial charge in [0.2, 0.25) is 0 Å². The van der Waals surface area contributed by atoms with E-state index in [1.807, 2.05) is 0 Å². The maximum atomic E-state index is 12.9. The summed E-state index contributed by atoms with van der Waals surface area (Å²) >= 11 is 1.20. The van der Waals surface area contributed by atoms with E-state index in [1.165, 1.54) is 42.1 Å². The summed E-state index contributed by atoms with van der Waals surface area (Å²) in [7, 11) is 0. The summed E-state index contributed by atoms with van der Waals surface area (Å²) in [4.78, 5) is 23.1. The van der Waals surface area contributed by atoms with Crippen LogP contribution in [0.1, 0.15) is 15.9 Å². The molecule has 108 valence electrons.